The summed E-state index contributed by atoms with van der Waals surface area (Å²) in [6.45, 7) is 0.215. The van der Waals surface area contributed by atoms with Gasteiger partial charge in [0, 0.05) is 19.5 Å². The number of carboxylic acid groups (broad SMARTS) is 1. The molecule has 0 spiro atoms. The van der Waals surface area contributed by atoms with Gasteiger partial charge < -0.3 is 41.3 Å². The zero-order chi connectivity index (χ0) is 30.9. The summed E-state index contributed by atoms with van der Waals surface area (Å²) in [6, 6.07) is 4.26. The molecule has 43 heavy (non-hydrogen) atoms. The van der Waals surface area contributed by atoms with Gasteiger partial charge in [-0.05, 0) is 50.6 Å². The Kier molecular flexibility index (Phi) is 11.1. The second kappa shape index (κ2) is 14.9. The molecule has 1 aromatic rings. The SMILES string of the molecule is O=C(CNC(=O)C1CCCN1C(=O)C1CCCN1)NC(Cc1ccccc1)C(=O)NC(CO)C(=O)N1CCCC1C(=O)O. The van der Waals surface area contributed by atoms with Gasteiger partial charge in [0.2, 0.25) is 29.5 Å². The van der Waals surface area contributed by atoms with E-state index in [1.54, 1.807) is 35.2 Å². The van der Waals surface area contributed by atoms with Crippen molar-refractivity contribution in [1.82, 2.24) is 31.1 Å². The quantitative estimate of drug-likeness (QED) is 0.159. The topological polar surface area (TPSA) is 197 Å². The summed E-state index contributed by atoms with van der Waals surface area (Å²) in [7, 11) is 0. The molecule has 14 nitrogen and oxygen atoms in total. The normalized spacial score (nSPS) is 23.0. The van der Waals surface area contributed by atoms with Crippen molar-refractivity contribution >= 4 is 35.5 Å². The number of amides is 5. The Morgan fingerprint density at radius 1 is 0.884 bits per heavy atom. The summed E-state index contributed by atoms with van der Waals surface area (Å²) in [4.78, 5) is 79.3. The van der Waals surface area contributed by atoms with Crippen molar-refractivity contribution in [3.8, 4) is 0 Å². The summed E-state index contributed by atoms with van der Waals surface area (Å²) in [6.07, 6.45) is 3.59. The van der Waals surface area contributed by atoms with E-state index < -0.39 is 66.9 Å². The van der Waals surface area contributed by atoms with Gasteiger partial charge in [0.1, 0.15) is 24.2 Å². The van der Waals surface area contributed by atoms with Crippen LogP contribution in [-0.2, 0) is 35.2 Å². The first kappa shape index (κ1) is 31.9. The Morgan fingerprint density at radius 3 is 2.23 bits per heavy atom. The molecular formula is C29H40N6O8. The van der Waals surface area contributed by atoms with Gasteiger partial charge in [0.15, 0.2) is 0 Å². The molecule has 3 heterocycles. The molecule has 3 aliphatic heterocycles. The van der Waals surface area contributed by atoms with E-state index >= 15 is 0 Å². The Labute approximate surface area is 249 Å². The molecular weight excluding hydrogens is 560 g/mol. The molecule has 14 heteroatoms. The summed E-state index contributed by atoms with van der Waals surface area (Å²) in [5.41, 5.74) is 0.713. The number of aliphatic hydroxyl groups is 1. The van der Waals surface area contributed by atoms with E-state index in [0.29, 0.717) is 31.4 Å². The molecule has 3 fully saturated rings. The maximum absolute atomic E-state index is 13.3. The van der Waals surface area contributed by atoms with Crippen LogP contribution in [0.4, 0.5) is 0 Å². The fourth-order valence-corrected chi connectivity index (χ4v) is 5.93. The van der Waals surface area contributed by atoms with Crippen LogP contribution in [0.15, 0.2) is 30.3 Å². The highest BCUT2D eigenvalue weighted by Gasteiger charge is 2.39. The summed E-state index contributed by atoms with van der Waals surface area (Å²) in [5, 5.41) is 30.1. The number of nitrogens with one attached hydrogen (secondary N) is 4. The molecule has 1 aromatic carbocycles. The Balaban J connectivity index is 1.37. The van der Waals surface area contributed by atoms with Crippen molar-refractivity contribution in [3.05, 3.63) is 35.9 Å². The number of hydrogen-bond donors (Lipinski definition) is 6. The zero-order valence-corrected chi connectivity index (χ0v) is 24.0. The largest absolute Gasteiger partial charge is 0.480 e. The van der Waals surface area contributed by atoms with Gasteiger partial charge in [-0.3, -0.25) is 24.0 Å². The van der Waals surface area contributed by atoms with E-state index in [2.05, 4.69) is 21.3 Å². The summed E-state index contributed by atoms with van der Waals surface area (Å²) < 4.78 is 0. The van der Waals surface area contributed by atoms with Gasteiger partial charge in [-0.2, -0.15) is 0 Å². The molecule has 0 bridgehead atoms. The molecule has 0 aliphatic carbocycles. The van der Waals surface area contributed by atoms with Crippen LogP contribution in [0.3, 0.4) is 0 Å². The van der Waals surface area contributed by atoms with E-state index in [4.69, 9.17) is 0 Å². The van der Waals surface area contributed by atoms with Crippen LogP contribution < -0.4 is 21.3 Å². The summed E-state index contributed by atoms with van der Waals surface area (Å²) >= 11 is 0. The number of carbonyl (C=O) groups is 6. The lowest BCUT2D eigenvalue weighted by atomic mass is 10.0. The first-order chi connectivity index (χ1) is 20.7. The number of aliphatic hydroxyl groups excluding tert-OH is 1. The van der Waals surface area contributed by atoms with Crippen molar-refractivity contribution in [2.45, 2.75) is 75.2 Å². The highest BCUT2D eigenvalue weighted by Crippen LogP contribution is 2.21. The molecule has 5 amide bonds. The van der Waals surface area contributed by atoms with Crippen LogP contribution in [-0.4, -0.2) is 119 Å². The second-order valence-electron chi connectivity index (χ2n) is 11.1. The first-order valence-electron chi connectivity index (χ1n) is 14.8. The van der Waals surface area contributed by atoms with Crippen molar-refractivity contribution < 1.29 is 39.0 Å². The van der Waals surface area contributed by atoms with Gasteiger partial charge in [-0.25, -0.2) is 4.79 Å². The molecule has 0 aromatic heterocycles. The average Bonchev–Trinajstić information content (AvgIpc) is 3.80. The number of hydrogen-bond acceptors (Lipinski definition) is 8. The average molecular weight is 601 g/mol. The molecule has 5 atom stereocenters. The minimum atomic E-state index is -1.40. The van der Waals surface area contributed by atoms with Crippen molar-refractivity contribution in [1.29, 1.82) is 0 Å². The lowest BCUT2D eigenvalue weighted by Gasteiger charge is -2.28. The fraction of sp³-hybridized carbons (Fsp3) is 0.586. The zero-order valence-electron chi connectivity index (χ0n) is 24.0. The van der Waals surface area contributed by atoms with E-state index in [1.807, 2.05) is 0 Å². The standard InChI is InChI=1S/C29H40N6O8/c36-17-21(28(41)35-14-6-11-23(35)29(42)43)33-25(38)20(15-18-7-2-1-3-8-18)32-24(37)16-31-26(39)22-10-5-13-34(22)27(40)19-9-4-12-30-19/h1-3,7-8,19-23,30,36H,4-6,9-17H2,(H,31,39)(H,32,37)(H,33,38)(H,42,43). The second-order valence-corrected chi connectivity index (χ2v) is 11.1. The van der Waals surface area contributed by atoms with Crippen LogP contribution in [0.1, 0.15) is 44.1 Å². The van der Waals surface area contributed by atoms with Crippen LogP contribution >= 0.6 is 0 Å². The molecule has 0 saturated carbocycles. The predicted octanol–water partition coefficient (Wildman–Crippen LogP) is -1.87. The van der Waals surface area contributed by atoms with Crippen molar-refractivity contribution in [3.63, 3.8) is 0 Å². The number of carbonyl (C=O) groups excluding carboxylic acids is 5. The molecule has 0 radical (unpaired) electrons. The van der Waals surface area contributed by atoms with E-state index in [1.165, 1.54) is 0 Å². The van der Waals surface area contributed by atoms with E-state index in [9.17, 15) is 39.0 Å². The van der Waals surface area contributed by atoms with Crippen LogP contribution in [0.25, 0.3) is 0 Å². The molecule has 3 aliphatic rings. The molecule has 234 valence electrons. The van der Waals surface area contributed by atoms with Gasteiger partial charge >= 0.3 is 5.97 Å². The summed E-state index contributed by atoms with van der Waals surface area (Å²) in [5.74, 6) is -3.86. The highest BCUT2D eigenvalue weighted by atomic mass is 16.4. The predicted molar refractivity (Wildman–Crippen MR) is 152 cm³/mol. The first-order valence-corrected chi connectivity index (χ1v) is 14.8. The van der Waals surface area contributed by atoms with Gasteiger partial charge in [0.05, 0.1) is 19.2 Å². The number of carboxylic acids is 1. The molecule has 4 rings (SSSR count). The maximum Gasteiger partial charge on any atom is 0.326 e. The van der Waals surface area contributed by atoms with Gasteiger partial charge in [0.25, 0.3) is 0 Å². The van der Waals surface area contributed by atoms with Crippen LogP contribution in [0.5, 0.6) is 0 Å². The van der Waals surface area contributed by atoms with Crippen LogP contribution in [0, 0.1) is 0 Å². The maximum atomic E-state index is 13.3. The number of nitrogens with zero attached hydrogens (tertiary/aromatic N) is 2. The number of rotatable bonds is 12. The van der Waals surface area contributed by atoms with Crippen LogP contribution in [0.2, 0.25) is 0 Å². The van der Waals surface area contributed by atoms with E-state index in [-0.39, 0.29) is 31.3 Å². The van der Waals surface area contributed by atoms with Gasteiger partial charge in [-0.15, -0.1) is 0 Å². The lowest BCUT2D eigenvalue weighted by molar-refractivity contribution is -0.150. The lowest BCUT2D eigenvalue weighted by Crippen LogP contribution is -2.58. The van der Waals surface area contributed by atoms with E-state index in [0.717, 1.165) is 24.3 Å². The third-order valence-corrected chi connectivity index (χ3v) is 8.17. The molecule has 3 saturated heterocycles. The Hall–Kier alpha value is -4.04. The number of aliphatic carboxylic acids is 1. The smallest absolute Gasteiger partial charge is 0.326 e. The van der Waals surface area contributed by atoms with Gasteiger partial charge in [-0.1, -0.05) is 30.3 Å². The van der Waals surface area contributed by atoms with Crippen molar-refractivity contribution in [2.24, 2.45) is 0 Å². The minimum Gasteiger partial charge on any atom is -0.480 e. The molecule has 5 unspecified atom stereocenters. The monoisotopic (exact) mass is 600 g/mol. The third kappa shape index (κ3) is 8.08. The molecule has 6 N–H and O–H groups in total. The number of likely N-dealkylation sites (tertiary alicyclic amines) is 2. The van der Waals surface area contributed by atoms with Crippen molar-refractivity contribution in [2.75, 3.05) is 32.8 Å². The Morgan fingerprint density at radius 2 is 1.58 bits per heavy atom. The highest BCUT2D eigenvalue weighted by molar-refractivity contribution is 5.95. The third-order valence-electron chi connectivity index (χ3n) is 8.17. The Bertz CT molecular complexity index is 1190. The number of benzene rings is 1. The minimum absolute atomic E-state index is 0.0550. The fourth-order valence-electron chi connectivity index (χ4n) is 5.93.